The molecule has 0 aromatic rings. The number of nitrogens with zero attached hydrogens (tertiary/aromatic N) is 2. The monoisotopic (exact) mass is 223 g/mol. The first-order valence-corrected chi connectivity index (χ1v) is 6.05. The fourth-order valence-electron chi connectivity index (χ4n) is 3.68. The molecule has 0 atom stereocenters. The van der Waals surface area contributed by atoms with Gasteiger partial charge < -0.3 is 0 Å². The molecule has 3 nitrogen and oxygen atoms in total. The number of nitrogens with two attached hydrogens (primary N) is 1. The predicted octanol–water partition coefficient (Wildman–Crippen LogP) is 2.82. The number of rotatable bonds is 2. The van der Waals surface area contributed by atoms with E-state index < -0.39 is 0 Å². The number of nitriles is 1. The molecule has 0 amide bonds. The molecule has 92 valence electrons. The Morgan fingerprint density at radius 3 is 1.94 bits per heavy atom. The van der Waals surface area contributed by atoms with Crippen LogP contribution in [0.2, 0.25) is 0 Å². The van der Waals surface area contributed by atoms with Crippen molar-refractivity contribution in [2.45, 2.75) is 71.4 Å². The van der Waals surface area contributed by atoms with Crippen molar-refractivity contribution in [2.24, 2.45) is 11.3 Å². The van der Waals surface area contributed by atoms with Crippen LogP contribution in [-0.4, -0.2) is 16.1 Å². The molecule has 1 heterocycles. The first-order valence-electron chi connectivity index (χ1n) is 6.05. The Bertz CT molecular complexity index is 281. The van der Waals surface area contributed by atoms with E-state index in [9.17, 15) is 0 Å². The van der Waals surface area contributed by atoms with Gasteiger partial charge in [0.05, 0.1) is 6.07 Å². The Balaban J connectivity index is 2.90. The summed E-state index contributed by atoms with van der Waals surface area (Å²) in [6.07, 6.45) is 3.74. The molecule has 1 aliphatic heterocycles. The van der Waals surface area contributed by atoms with Crippen LogP contribution in [0.15, 0.2) is 0 Å². The molecule has 0 aromatic carbocycles. The molecule has 0 saturated carbocycles. The first-order chi connectivity index (χ1) is 7.13. The number of piperidine rings is 1. The molecule has 16 heavy (non-hydrogen) atoms. The van der Waals surface area contributed by atoms with Gasteiger partial charge in [-0.15, -0.1) is 0 Å². The van der Waals surface area contributed by atoms with Gasteiger partial charge in [-0.05, 0) is 52.4 Å². The highest BCUT2D eigenvalue weighted by atomic mass is 15.5. The third-order valence-corrected chi connectivity index (χ3v) is 3.86. The second-order valence-electron chi connectivity index (χ2n) is 6.82. The molecular weight excluding hydrogens is 198 g/mol. The van der Waals surface area contributed by atoms with Gasteiger partial charge in [-0.1, -0.05) is 6.92 Å². The Labute approximate surface area is 99.6 Å². The van der Waals surface area contributed by atoms with Gasteiger partial charge in [-0.3, -0.25) is 5.84 Å². The summed E-state index contributed by atoms with van der Waals surface area (Å²) in [5.41, 5.74) is 0.247. The van der Waals surface area contributed by atoms with E-state index in [4.69, 9.17) is 11.1 Å². The molecule has 0 aliphatic carbocycles. The summed E-state index contributed by atoms with van der Waals surface area (Å²) in [6.45, 7) is 11.1. The lowest BCUT2D eigenvalue weighted by molar-refractivity contribution is -0.0867. The lowest BCUT2D eigenvalue weighted by Gasteiger charge is -2.57. The quantitative estimate of drug-likeness (QED) is 0.732. The molecule has 0 unspecified atom stereocenters. The molecule has 3 heteroatoms. The van der Waals surface area contributed by atoms with Crippen LogP contribution < -0.4 is 5.84 Å². The van der Waals surface area contributed by atoms with Crippen LogP contribution in [0.4, 0.5) is 0 Å². The van der Waals surface area contributed by atoms with Crippen molar-refractivity contribution in [2.75, 3.05) is 0 Å². The fourth-order valence-corrected chi connectivity index (χ4v) is 3.68. The summed E-state index contributed by atoms with van der Waals surface area (Å²) < 4.78 is 0. The standard InChI is InChI=1S/C13H25N3/c1-11(2)9-13(5,7-6-8-14)10-12(3,4)16(11)15/h6-7,9-10,15H2,1-5H3. The Kier molecular flexibility index (Phi) is 3.38. The van der Waals surface area contributed by atoms with Gasteiger partial charge in [0.1, 0.15) is 0 Å². The van der Waals surface area contributed by atoms with Gasteiger partial charge >= 0.3 is 0 Å². The number of hydrazine groups is 1. The highest BCUT2D eigenvalue weighted by Crippen LogP contribution is 2.48. The summed E-state index contributed by atoms with van der Waals surface area (Å²) in [5.74, 6) is 6.21. The smallest absolute Gasteiger partial charge is 0.0621 e. The molecule has 2 N–H and O–H groups in total. The van der Waals surface area contributed by atoms with Gasteiger partial charge in [0, 0.05) is 17.5 Å². The number of hydrogen-bond acceptors (Lipinski definition) is 3. The second-order valence-corrected chi connectivity index (χ2v) is 6.82. The molecule has 0 spiro atoms. The summed E-state index contributed by atoms with van der Waals surface area (Å²) in [6, 6.07) is 2.26. The molecule has 0 radical (unpaired) electrons. The zero-order chi connectivity index (χ0) is 12.6. The first kappa shape index (κ1) is 13.5. The van der Waals surface area contributed by atoms with Gasteiger partial charge in [-0.2, -0.15) is 5.26 Å². The van der Waals surface area contributed by atoms with Crippen molar-refractivity contribution < 1.29 is 0 Å². The summed E-state index contributed by atoms with van der Waals surface area (Å²) in [7, 11) is 0. The maximum atomic E-state index is 8.74. The van der Waals surface area contributed by atoms with E-state index in [-0.39, 0.29) is 16.5 Å². The maximum Gasteiger partial charge on any atom is 0.0621 e. The van der Waals surface area contributed by atoms with Gasteiger partial charge in [0.25, 0.3) is 0 Å². The van der Waals surface area contributed by atoms with E-state index in [1.54, 1.807) is 0 Å². The van der Waals surface area contributed by atoms with Crippen LogP contribution in [0.5, 0.6) is 0 Å². The lowest BCUT2D eigenvalue weighted by Crippen LogP contribution is -2.65. The molecule has 0 bridgehead atoms. The Morgan fingerprint density at radius 2 is 1.56 bits per heavy atom. The van der Waals surface area contributed by atoms with E-state index in [0.717, 1.165) is 19.3 Å². The third kappa shape index (κ3) is 2.56. The highest BCUT2D eigenvalue weighted by molar-refractivity contribution is 5.02. The van der Waals surface area contributed by atoms with Crippen LogP contribution in [0.25, 0.3) is 0 Å². The molecule has 1 saturated heterocycles. The van der Waals surface area contributed by atoms with E-state index in [1.165, 1.54) is 0 Å². The van der Waals surface area contributed by atoms with Gasteiger partial charge in [0.15, 0.2) is 0 Å². The van der Waals surface area contributed by atoms with Crippen molar-refractivity contribution in [1.82, 2.24) is 5.01 Å². The maximum absolute atomic E-state index is 8.74. The minimum absolute atomic E-state index is 0.00591. The Morgan fingerprint density at radius 1 is 1.12 bits per heavy atom. The minimum atomic E-state index is 0.00591. The zero-order valence-corrected chi connectivity index (χ0v) is 11.3. The van der Waals surface area contributed by atoms with Crippen molar-refractivity contribution in [3.8, 4) is 6.07 Å². The minimum Gasteiger partial charge on any atom is -0.268 e. The van der Waals surface area contributed by atoms with Crippen LogP contribution in [0.3, 0.4) is 0 Å². The largest absolute Gasteiger partial charge is 0.268 e. The molecule has 1 aliphatic rings. The van der Waals surface area contributed by atoms with Crippen molar-refractivity contribution in [3.05, 3.63) is 0 Å². The molecule has 1 fully saturated rings. The summed E-state index contributed by atoms with van der Waals surface area (Å²) in [5, 5.41) is 10.7. The molecule has 0 aromatic heterocycles. The van der Waals surface area contributed by atoms with Crippen molar-refractivity contribution in [1.29, 1.82) is 5.26 Å². The average Bonchev–Trinajstić information content (AvgIpc) is 2.10. The van der Waals surface area contributed by atoms with Crippen molar-refractivity contribution in [3.63, 3.8) is 0 Å². The lowest BCUT2D eigenvalue weighted by atomic mass is 9.64. The zero-order valence-electron chi connectivity index (χ0n) is 11.3. The average molecular weight is 223 g/mol. The van der Waals surface area contributed by atoms with Crippen LogP contribution in [0, 0.1) is 16.7 Å². The van der Waals surface area contributed by atoms with Crippen LogP contribution >= 0.6 is 0 Å². The van der Waals surface area contributed by atoms with Crippen LogP contribution in [0.1, 0.15) is 60.3 Å². The summed E-state index contributed by atoms with van der Waals surface area (Å²) in [4.78, 5) is 0. The van der Waals surface area contributed by atoms with Gasteiger partial charge in [0.2, 0.25) is 0 Å². The van der Waals surface area contributed by atoms with E-state index in [2.05, 4.69) is 40.7 Å². The Hall–Kier alpha value is -0.590. The third-order valence-electron chi connectivity index (χ3n) is 3.86. The predicted molar refractivity (Wildman–Crippen MR) is 66.4 cm³/mol. The van der Waals surface area contributed by atoms with E-state index >= 15 is 0 Å². The molecule has 1 rings (SSSR count). The normalized spacial score (nSPS) is 27.3. The van der Waals surface area contributed by atoms with E-state index in [1.807, 2.05) is 5.01 Å². The van der Waals surface area contributed by atoms with E-state index in [0.29, 0.717) is 6.42 Å². The molecular formula is C13H25N3. The van der Waals surface area contributed by atoms with Crippen LogP contribution in [-0.2, 0) is 0 Å². The summed E-state index contributed by atoms with van der Waals surface area (Å²) >= 11 is 0. The highest BCUT2D eigenvalue weighted by Gasteiger charge is 2.48. The second kappa shape index (κ2) is 4.01. The topological polar surface area (TPSA) is 53.0 Å². The fraction of sp³-hybridized carbons (Fsp3) is 0.923. The van der Waals surface area contributed by atoms with Gasteiger partial charge in [-0.25, -0.2) is 5.01 Å². The SMILES string of the molecule is CC1(CCC#N)CC(C)(C)N(N)C(C)(C)C1. The van der Waals surface area contributed by atoms with Crippen molar-refractivity contribution >= 4 is 0 Å². The number of hydrogen-bond donors (Lipinski definition) is 1.